The van der Waals surface area contributed by atoms with E-state index >= 15 is 0 Å². The first-order valence-corrected chi connectivity index (χ1v) is 7.03. The van der Waals surface area contributed by atoms with Crippen molar-refractivity contribution in [2.45, 2.75) is 53.1 Å². The molecule has 0 saturated heterocycles. The fourth-order valence-corrected chi connectivity index (χ4v) is 5.33. The van der Waals surface area contributed by atoms with E-state index in [1.54, 1.807) is 0 Å². The van der Waals surface area contributed by atoms with Gasteiger partial charge >= 0.3 is 0 Å². The molecule has 0 radical (unpaired) electrons. The van der Waals surface area contributed by atoms with Crippen LogP contribution in [0.2, 0.25) is 0 Å². The summed E-state index contributed by atoms with van der Waals surface area (Å²) in [6.45, 7) is 8.80. The predicted molar refractivity (Wildman–Crippen MR) is 66.4 cm³/mol. The van der Waals surface area contributed by atoms with Crippen LogP contribution in [-0.2, 0) is 4.79 Å². The smallest absolute Gasteiger partial charge is 0.142 e. The molecule has 4 fully saturated rings. The van der Waals surface area contributed by atoms with E-state index in [9.17, 15) is 9.90 Å². The van der Waals surface area contributed by atoms with Gasteiger partial charge in [0.25, 0.3) is 0 Å². The van der Waals surface area contributed by atoms with Gasteiger partial charge in [0.1, 0.15) is 5.78 Å². The number of Topliss-reactive ketones (excluding diaryl/α,β-unsaturated/α-hetero) is 1. The molecule has 4 bridgehead atoms. The maximum atomic E-state index is 12.7. The van der Waals surface area contributed by atoms with Crippen molar-refractivity contribution in [2.75, 3.05) is 0 Å². The van der Waals surface area contributed by atoms with Crippen molar-refractivity contribution in [1.82, 2.24) is 0 Å². The molecule has 96 valence electrons. The van der Waals surface area contributed by atoms with Crippen molar-refractivity contribution in [3.8, 4) is 0 Å². The van der Waals surface area contributed by atoms with Crippen molar-refractivity contribution >= 4 is 5.78 Å². The van der Waals surface area contributed by atoms with E-state index in [1.165, 1.54) is 0 Å². The minimum absolute atomic E-state index is 0.0126. The van der Waals surface area contributed by atoms with Crippen LogP contribution in [0.3, 0.4) is 0 Å². The van der Waals surface area contributed by atoms with Crippen LogP contribution in [0.25, 0.3) is 0 Å². The fourth-order valence-electron chi connectivity index (χ4n) is 5.33. The van der Waals surface area contributed by atoms with E-state index in [0.717, 1.165) is 12.8 Å². The summed E-state index contributed by atoms with van der Waals surface area (Å²) >= 11 is 0. The summed E-state index contributed by atoms with van der Waals surface area (Å²) in [5.41, 5.74) is -0.207. The molecule has 0 aromatic rings. The summed E-state index contributed by atoms with van der Waals surface area (Å²) in [5.74, 6) is 2.23. The maximum Gasteiger partial charge on any atom is 0.142 e. The standard InChI is InChI=1S/C15H24O2/c1-8(2)9-5-11-14(3)6-10(9)13(17)15(11,4)7-12(14)16/h8-12,16H,5-7H2,1-4H3/t9-,10-,11-,12-,14+,15+/m0/s1. The lowest BCUT2D eigenvalue weighted by atomic mass is 9.47. The third-order valence-corrected chi connectivity index (χ3v) is 6.38. The monoisotopic (exact) mass is 236 g/mol. The second-order valence-corrected chi connectivity index (χ2v) is 7.51. The molecule has 4 aliphatic carbocycles. The van der Waals surface area contributed by atoms with Crippen LogP contribution in [0.4, 0.5) is 0 Å². The zero-order chi connectivity index (χ0) is 12.6. The van der Waals surface area contributed by atoms with Gasteiger partial charge < -0.3 is 5.11 Å². The van der Waals surface area contributed by atoms with Crippen LogP contribution >= 0.6 is 0 Å². The zero-order valence-corrected chi connectivity index (χ0v) is 11.4. The molecule has 0 amide bonds. The number of hydrogen-bond acceptors (Lipinski definition) is 2. The Morgan fingerprint density at radius 2 is 1.94 bits per heavy atom. The molecule has 17 heavy (non-hydrogen) atoms. The Bertz CT molecular complexity index is 375. The predicted octanol–water partition coefficient (Wildman–Crippen LogP) is 2.64. The first kappa shape index (κ1) is 11.7. The highest BCUT2D eigenvalue weighted by atomic mass is 16.3. The van der Waals surface area contributed by atoms with Gasteiger partial charge in [0.2, 0.25) is 0 Å². The molecular formula is C15H24O2. The summed E-state index contributed by atoms with van der Waals surface area (Å²) in [6, 6.07) is 0. The Morgan fingerprint density at radius 1 is 1.29 bits per heavy atom. The van der Waals surface area contributed by atoms with Crippen molar-refractivity contribution in [1.29, 1.82) is 0 Å². The fraction of sp³-hybridized carbons (Fsp3) is 0.933. The number of fused-ring (bicyclic) bond motifs is 1. The Morgan fingerprint density at radius 3 is 2.53 bits per heavy atom. The number of ketones is 1. The number of aliphatic hydroxyl groups excluding tert-OH is 1. The second-order valence-electron chi connectivity index (χ2n) is 7.51. The summed E-state index contributed by atoms with van der Waals surface area (Å²) in [4.78, 5) is 12.7. The minimum Gasteiger partial charge on any atom is -0.393 e. The average molecular weight is 236 g/mol. The van der Waals surface area contributed by atoms with E-state index in [4.69, 9.17) is 0 Å². The van der Waals surface area contributed by atoms with Gasteiger partial charge in [0.15, 0.2) is 0 Å². The van der Waals surface area contributed by atoms with E-state index in [2.05, 4.69) is 27.7 Å². The number of hydrogen-bond donors (Lipinski definition) is 1. The van der Waals surface area contributed by atoms with E-state index < -0.39 is 0 Å². The van der Waals surface area contributed by atoms with Gasteiger partial charge in [0.05, 0.1) is 6.10 Å². The number of aliphatic hydroxyl groups is 1. The first-order valence-electron chi connectivity index (χ1n) is 7.03. The Labute approximate surface area is 104 Å². The van der Waals surface area contributed by atoms with Gasteiger partial charge in [0, 0.05) is 11.3 Å². The van der Waals surface area contributed by atoms with Crippen LogP contribution in [-0.4, -0.2) is 17.0 Å². The van der Waals surface area contributed by atoms with Crippen molar-refractivity contribution in [2.24, 2.45) is 34.5 Å². The molecule has 1 N–H and O–H groups in total. The van der Waals surface area contributed by atoms with Crippen LogP contribution in [0.5, 0.6) is 0 Å². The van der Waals surface area contributed by atoms with Gasteiger partial charge in [-0.2, -0.15) is 0 Å². The lowest BCUT2D eigenvalue weighted by Gasteiger charge is -2.56. The lowest BCUT2D eigenvalue weighted by molar-refractivity contribution is -0.159. The average Bonchev–Trinajstić information content (AvgIpc) is 2.40. The molecule has 0 aromatic heterocycles. The lowest BCUT2D eigenvalue weighted by Crippen LogP contribution is -2.57. The van der Waals surface area contributed by atoms with Gasteiger partial charge in [-0.1, -0.05) is 27.7 Å². The molecule has 0 spiro atoms. The highest BCUT2D eigenvalue weighted by Gasteiger charge is 2.69. The SMILES string of the molecule is CC(C)[C@@H]1C[C@H]2[C@@]3(C)C[C@@H]1C(=O)[C@]2(C)C[C@@H]3O. The van der Waals surface area contributed by atoms with Crippen LogP contribution in [0.1, 0.15) is 47.0 Å². The molecular weight excluding hydrogens is 212 g/mol. The molecule has 6 atom stereocenters. The third kappa shape index (κ3) is 1.18. The van der Waals surface area contributed by atoms with Gasteiger partial charge in [-0.15, -0.1) is 0 Å². The third-order valence-electron chi connectivity index (χ3n) is 6.38. The summed E-state index contributed by atoms with van der Waals surface area (Å²) in [5, 5.41) is 10.3. The summed E-state index contributed by atoms with van der Waals surface area (Å²) < 4.78 is 0. The molecule has 4 saturated carbocycles. The number of rotatable bonds is 1. The van der Waals surface area contributed by atoms with Crippen molar-refractivity contribution in [3.05, 3.63) is 0 Å². The topological polar surface area (TPSA) is 37.3 Å². The van der Waals surface area contributed by atoms with Gasteiger partial charge in [-0.25, -0.2) is 0 Å². The van der Waals surface area contributed by atoms with E-state index in [1.807, 2.05) is 0 Å². The Kier molecular flexibility index (Phi) is 2.16. The second kappa shape index (κ2) is 3.14. The molecule has 0 heterocycles. The quantitative estimate of drug-likeness (QED) is 0.760. The van der Waals surface area contributed by atoms with Crippen molar-refractivity contribution in [3.63, 3.8) is 0 Å². The zero-order valence-electron chi connectivity index (χ0n) is 11.4. The van der Waals surface area contributed by atoms with Gasteiger partial charge in [-0.3, -0.25) is 4.79 Å². The van der Waals surface area contributed by atoms with Crippen LogP contribution in [0.15, 0.2) is 0 Å². The number of carbonyl (C=O) groups excluding carboxylic acids is 1. The normalized spacial score (nSPS) is 56.9. The molecule has 0 unspecified atom stereocenters. The highest BCUT2D eigenvalue weighted by molar-refractivity contribution is 5.90. The summed E-state index contributed by atoms with van der Waals surface area (Å²) in [7, 11) is 0. The minimum atomic E-state index is -0.264. The Balaban J connectivity index is 2.05. The number of carbonyl (C=O) groups is 1. The highest BCUT2D eigenvalue weighted by Crippen LogP contribution is 2.69. The maximum absolute atomic E-state index is 12.7. The molecule has 2 nitrogen and oxygen atoms in total. The van der Waals surface area contributed by atoms with Gasteiger partial charge in [-0.05, 0) is 42.4 Å². The molecule has 0 aliphatic heterocycles. The van der Waals surface area contributed by atoms with E-state index in [-0.39, 0.29) is 22.9 Å². The molecule has 4 aliphatic rings. The molecule has 2 heteroatoms. The Hall–Kier alpha value is -0.370. The first-order chi connectivity index (χ1) is 7.80. The van der Waals surface area contributed by atoms with Crippen LogP contribution in [0, 0.1) is 34.5 Å². The van der Waals surface area contributed by atoms with Crippen LogP contribution < -0.4 is 0 Å². The summed E-state index contributed by atoms with van der Waals surface area (Å²) in [6.07, 6.45) is 2.52. The largest absolute Gasteiger partial charge is 0.393 e. The van der Waals surface area contributed by atoms with E-state index in [0.29, 0.717) is 30.0 Å². The molecule has 4 rings (SSSR count). The van der Waals surface area contributed by atoms with Crippen molar-refractivity contribution < 1.29 is 9.90 Å². The molecule has 0 aromatic carbocycles.